The maximum atomic E-state index is 11.0. The Bertz CT molecular complexity index is 569. The summed E-state index contributed by atoms with van der Waals surface area (Å²) in [5.74, 6) is -0.0927. The third-order valence-corrected chi connectivity index (χ3v) is 2.67. The zero-order chi connectivity index (χ0) is 13.0. The van der Waals surface area contributed by atoms with Crippen LogP contribution in [-0.4, -0.2) is 5.91 Å². The average Bonchev–Trinajstić information content (AvgIpc) is 2.32. The van der Waals surface area contributed by atoms with Crippen LogP contribution in [0.25, 0.3) is 0 Å². The van der Waals surface area contributed by atoms with Gasteiger partial charge in [-0.3, -0.25) is 4.79 Å². The van der Waals surface area contributed by atoms with Gasteiger partial charge in [0, 0.05) is 18.3 Å². The first-order chi connectivity index (χ1) is 8.65. The van der Waals surface area contributed by atoms with Crippen LogP contribution in [0.2, 0.25) is 5.02 Å². The molecule has 0 saturated heterocycles. The molecule has 2 rings (SSSR count). The van der Waals surface area contributed by atoms with Crippen LogP contribution in [0, 0.1) is 0 Å². The number of anilines is 3. The molecule has 0 aliphatic carbocycles. The van der Waals surface area contributed by atoms with Crippen LogP contribution < -0.4 is 10.6 Å². The lowest BCUT2D eigenvalue weighted by atomic mass is 10.2. The van der Waals surface area contributed by atoms with Crippen LogP contribution >= 0.6 is 11.6 Å². The lowest BCUT2D eigenvalue weighted by Gasteiger charge is -2.10. The molecule has 2 aromatic carbocycles. The fourth-order valence-electron chi connectivity index (χ4n) is 1.60. The van der Waals surface area contributed by atoms with E-state index >= 15 is 0 Å². The number of nitrogens with one attached hydrogen (secondary N) is 2. The molecule has 18 heavy (non-hydrogen) atoms. The minimum atomic E-state index is -0.0927. The summed E-state index contributed by atoms with van der Waals surface area (Å²) in [7, 11) is 0. The number of rotatable bonds is 3. The van der Waals surface area contributed by atoms with E-state index in [-0.39, 0.29) is 5.91 Å². The SMILES string of the molecule is CC(=O)Nc1cccc(Nc2ccccc2Cl)c1. The first kappa shape index (κ1) is 12.5. The molecular formula is C14H13ClN2O. The average molecular weight is 261 g/mol. The Hall–Kier alpha value is -2.00. The third-order valence-electron chi connectivity index (χ3n) is 2.34. The third kappa shape index (κ3) is 3.25. The van der Waals surface area contributed by atoms with Gasteiger partial charge in [0.1, 0.15) is 0 Å². The fraction of sp³-hybridized carbons (Fsp3) is 0.0714. The number of hydrogen-bond acceptors (Lipinski definition) is 2. The highest BCUT2D eigenvalue weighted by Gasteiger charge is 2.01. The number of halogens is 1. The number of hydrogen-bond donors (Lipinski definition) is 2. The second-order valence-corrected chi connectivity index (χ2v) is 4.27. The van der Waals surface area contributed by atoms with Gasteiger partial charge >= 0.3 is 0 Å². The Labute approximate surface area is 111 Å². The topological polar surface area (TPSA) is 41.1 Å². The molecule has 4 heteroatoms. The zero-order valence-electron chi connectivity index (χ0n) is 9.91. The van der Waals surface area contributed by atoms with Crippen LogP contribution in [0.4, 0.5) is 17.1 Å². The first-order valence-electron chi connectivity index (χ1n) is 5.54. The van der Waals surface area contributed by atoms with Crippen molar-refractivity contribution in [2.24, 2.45) is 0 Å². The molecule has 0 aromatic heterocycles. The summed E-state index contributed by atoms with van der Waals surface area (Å²) < 4.78 is 0. The molecule has 0 aliphatic rings. The maximum absolute atomic E-state index is 11.0. The van der Waals surface area contributed by atoms with Crippen molar-refractivity contribution in [2.75, 3.05) is 10.6 Å². The molecule has 1 amide bonds. The predicted octanol–water partition coefficient (Wildman–Crippen LogP) is 4.04. The Kier molecular flexibility index (Phi) is 3.85. The highest BCUT2D eigenvalue weighted by molar-refractivity contribution is 6.33. The standard InChI is InChI=1S/C14H13ClN2O/c1-10(18)16-11-5-4-6-12(9-11)17-14-8-3-2-7-13(14)15/h2-9,17H,1H3,(H,16,18). The zero-order valence-corrected chi connectivity index (χ0v) is 10.7. The second-order valence-electron chi connectivity index (χ2n) is 3.87. The quantitative estimate of drug-likeness (QED) is 0.874. The van der Waals surface area contributed by atoms with E-state index in [1.54, 1.807) is 0 Å². The van der Waals surface area contributed by atoms with Crippen molar-refractivity contribution in [3.63, 3.8) is 0 Å². The van der Waals surface area contributed by atoms with E-state index in [0.29, 0.717) is 5.02 Å². The summed E-state index contributed by atoms with van der Waals surface area (Å²) in [4.78, 5) is 11.0. The van der Waals surface area contributed by atoms with Gasteiger partial charge < -0.3 is 10.6 Å². The van der Waals surface area contributed by atoms with E-state index in [9.17, 15) is 4.79 Å². The highest BCUT2D eigenvalue weighted by atomic mass is 35.5. The summed E-state index contributed by atoms with van der Waals surface area (Å²) in [5, 5.41) is 6.59. The van der Waals surface area contributed by atoms with Crippen molar-refractivity contribution in [3.05, 3.63) is 53.6 Å². The summed E-state index contributed by atoms with van der Waals surface area (Å²) in [6, 6.07) is 15.0. The molecular weight excluding hydrogens is 248 g/mol. The Morgan fingerprint density at radius 1 is 1.06 bits per heavy atom. The number of carbonyl (C=O) groups is 1. The minimum Gasteiger partial charge on any atom is -0.354 e. The second kappa shape index (κ2) is 5.56. The van der Waals surface area contributed by atoms with Crippen LogP contribution in [0.3, 0.4) is 0 Å². The van der Waals surface area contributed by atoms with E-state index in [1.807, 2.05) is 48.5 Å². The lowest BCUT2D eigenvalue weighted by molar-refractivity contribution is -0.114. The summed E-state index contributed by atoms with van der Waals surface area (Å²) in [6.07, 6.45) is 0. The molecule has 0 spiro atoms. The van der Waals surface area contributed by atoms with Gasteiger partial charge in [0.05, 0.1) is 10.7 Å². The Balaban J connectivity index is 2.19. The van der Waals surface area contributed by atoms with E-state index in [2.05, 4.69) is 10.6 Å². The number of amides is 1. The number of para-hydroxylation sites is 1. The Morgan fingerprint density at radius 3 is 2.50 bits per heavy atom. The molecule has 2 N–H and O–H groups in total. The van der Waals surface area contributed by atoms with Gasteiger partial charge in [-0.25, -0.2) is 0 Å². The number of carbonyl (C=O) groups excluding carboxylic acids is 1. The largest absolute Gasteiger partial charge is 0.354 e. The molecule has 2 aromatic rings. The van der Waals surface area contributed by atoms with E-state index in [1.165, 1.54) is 6.92 Å². The maximum Gasteiger partial charge on any atom is 0.221 e. The predicted molar refractivity (Wildman–Crippen MR) is 75.5 cm³/mol. The molecule has 0 saturated carbocycles. The molecule has 0 heterocycles. The molecule has 3 nitrogen and oxygen atoms in total. The van der Waals surface area contributed by atoms with E-state index < -0.39 is 0 Å². The van der Waals surface area contributed by atoms with Crippen molar-refractivity contribution in [1.29, 1.82) is 0 Å². The molecule has 0 bridgehead atoms. The van der Waals surface area contributed by atoms with Gasteiger partial charge in [0.25, 0.3) is 0 Å². The van der Waals surface area contributed by atoms with Crippen LogP contribution in [0.5, 0.6) is 0 Å². The molecule has 0 radical (unpaired) electrons. The molecule has 0 fully saturated rings. The van der Waals surface area contributed by atoms with Gasteiger partial charge in [0.2, 0.25) is 5.91 Å². The summed E-state index contributed by atoms with van der Waals surface area (Å²) in [6.45, 7) is 1.48. The normalized spacial score (nSPS) is 9.89. The van der Waals surface area contributed by atoms with Gasteiger partial charge in [-0.05, 0) is 30.3 Å². The van der Waals surface area contributed by atoms with E-state index in [4.69, 9.17) is 11.6 Å². The highest BCUT2D eigenvalue weighted by Crippen LogP contribution is 2.26. The van der Waals surface area contributed by atoms with Crippen molar-refractivity contribution in [2.45, 2.75) is 6.92 Å². The monoisotopic (exact) mass is 260 g/mol. The first-order valence-corrected chi connectivity index (χ1v) is 5.92. The Morgan fingerprint density at radius 2 is 1.78 bits per heavy atom. The van der Waals surface area contributed by atoms with Crippen molar-refractivity contribution >= 4 is 34.6 Å². The van der Waals surface area contributed by atoms with Crippen LogP contribution in [-0.2, 0) is 4.79 Å². The van der Waals surface area contributed by atoms with Gasteiger partial charge in [-0.15, -0.1) is 0 Å². The minimum absolute atomic E-state index is 0.0927. The van der Waals surface area contributed by atoms with Crippen molar-refractivity contribution in [3.8, 4) is 0 Å². The number of benzene rings is 2. The lowest BCUT2D eigenvalue weighted by Crippen LogP contribution is -2.05. The van der Waals surface area contributed by atoms with Crippen molar-refractivity contribution < 1.29 is 4.79 Å². The summed E-state index contributed by atoms with van der Waals surface area (Å²) >= 11 is 6.07. The van der Waals surface area contributed by atoms with Gasteiger partial charge in [-0.2, -0.15) is 0 Å². The van der Waals surface area contributed by atoms with Crippen LogP contribution in [0.15, 0.2) is 48.5 Å². The molecule has 0 unspecified atom stereocenters. The van der Waals surface area contributed by atoms with Gasteiger partial charge in [-0.1, -0.05) is 29.8 Å². The van der Waals surface area contributed by atoms with E-state index in [0.717, 1.165) is 17.1 Å². The molecule has 92 valence electrons. The smallest absolute Gasteiger partial charge is 0.221 e. The molecule has 0 atom stereocenters. The van der Waals surface area contributed by atoms with Gasteiger partial charge in [0.15, 0.2) is 0 Å². The van der Waals surface area contributed by atoms with Crippen LogP contribution in [0.1, 0.15) is 6.92 Å². The van der Waals surface area contributed by atoms with Crippen molar-refractivity contribution in [1.82, 2.24) is 0 Å². The molecule has 0 aliphatic heterocycles. The summed E-state index contributed by atoms with van der Waals surface area (Å²) in [5.41, 5.74) is 2.45. The fourth-order valence-corrected chi connectivity index (χ4v) is 1.78.